The van der Waals surface area contributed by atoms with Crippen LogP contribution < -0.4 is 21.5 Å². The predicted octanol–water partition coefficient (Wildman–Crippen LogP) is 2.06. The molecule has 35 heavy (non-hydrogen) atoms. The molecule has 2 amide bonds. The number of piperidine rings is 1. The van der Waals surface area contributed by atoms with Crippen LogP contribution in [0.15, 0.2) is 34.1 Å². The highest BCUT2D eigenvalue weighted by atomic mass is 19.4. The summed E-state index contributed by atoms with van der Waals surface area (Å²) in [6, 6.07) is 0.510. The Morgan fingerprint density at radius 3 is 2.63 bits per heavy atom. The lowest BCUT2D eigenvalue weighted by atomic mass is 10.0. The number of carbonyl (C=O) groups excluding carboxylic acids is 1. The average Bonchev–Trinajstić information content (AvgIpc) is 3.08. The van der Waals surface area contributed by atoms with E-state index in [9.17, 15) is 27.6 Å². The van der Waals surface area contributed by atoms with Gasteiger partial charge in [0, 0.05) is 33.9 Å². The van der Waals surface area contributed by atoms with Crippen molar-refractivity contribution in [2.45, 2.75) is 24.8 Å². The van der Waals surface area contributed by atoms with Crippen LogP contribution in [0.1, 0.15) is 12.0 Å². The number of aromatic nitrogens is 4. The number of hydrogen-bond donors (Lipinski definition) is 2. The van der Waals surface area contributed by atoms with Gasteiger partial charge in [-0.2, -0.15) is 13.2 Å². The molecule has 3 aromatic heterocycles. The number of alkyl halides is 4. The summed E-state index contributed by atoms with van der Waals surface area (Å²) < 4.78 is 56.5. The smallest absolute Gasteiger partial charge is 0.367 e. The fraction of sp³-hybridized carbons (Fsp3) is 0.429. The Morgan fingerprint density at radius 2 is 1.97 bits per heavy atom. The Bertz CT molecular complexity index is 1390. The lowest BCUT2D eigenvalue weighted by molar-refractivity contribution is -0.138. The van der Waals surface area contributed by atoms with Gasteiger partial charge in [-0.25, -0.2) is 19.0 Å². The zero-order valence-corrected chi connectivity index (χ0v) is 19.1. The molecule has 0 spiro atoms. The van der Waals surface area contributed by atoms with E-state index in [0.717, 1.165) is 16.5 Å². The second kappa shape index (κ2) is 8.74. The quantitative estimate of drug-likeness (QED) is 0.539. The largest absolute Gasteiger partial charge is 0.417 e. The summed E-state index contributed by atoms with van der Waals surface area (Å²) in [4.78, 5) is 46.3. The average molecular weight is 497 g/mol. The van der Waals surface area contributed by atoms with Crippen LogP contribution in [-0.2, 0) is 20.3 Å². The second-order valence-corrected chi connectivity index (χ2v) is 8.47. The van der Waals surface area contributed by atoms with Gasteiger partial charge in [0.2, 0.25) is 0 Å². The summed E-state index contributed by atoms with van der Waals surface area (Å²) in [5, 5.41) is 2.18. The van der Waals surface area contributed by atoms with Gasteiger partial charge in [-0.05, 0) is 18.6 Å². The number of rotatable bonds is 3. The van der Waals surface area contributed by atoms with Crippen molar-refractivity contribution in [1.29, 1.82) is 0 Å². The third-order valence-electron chi connectivity index (χ3n) is 6.19. The molecule has 4 rings (SSSR count). The lowest BCUT2D eigenvalue weighted by Crippen LogP contribution is -2.54. The van der Waals surface area contributed by atoms with E-state index in [4.69, 9.17) is 0 Å². The van der Waals surface area contributed by atoms with Crippen LogP contribution in [0, 0.1) is 0 Å². The van der Waals surface area contributed by atoms with Gasteiger partial charge >= 0.3 is 17.9 Å². The fourth-order valence-corrected chi connectivity index (χ4v) is 4.14. The number of anilines is 2. The van der Waals surface area contributed by atoms with E-state index in [1.165, 1.54) is 17.8 Å². The number of H-pyrrole nitrogens is 1. The van der Waals surface area contributed by atoms with Gasteiger partial charge in [-0.1, -0.05) is 0 Å². The summed E-state index contributed by atoms with van der Waals surface area (Å²) >= 11 is 0. The number of aryl methyl sites for hydroxylation is 2. The van der Waals surface area contributed by atoms with Crippen molar-refractivity contribution in [3.8, 4) is 0 Å². The number of carbonyl (C=O) groups is 1. The van der Waals surface area contributed by atoms with Gasteiger partial charge in [-0.3, -0.25) is 14.3 Å². The highest BCUT2D eigenvalue weighted by Gasteiger charge is 2.36. The maximum absolute atomic E-state index is 15.1. The van der Waals surface area contributed by atoms with Crippen LogP contribution in [0.3, 0.4) is 0 Å². The van der Waals surface area contributed by atoms with Crippen LogP contribution in [0.5, 0.6) is 0 Å². The molecule has 14 heteroatoms. The van der Waals surface area contributed by atoms with Gasteiger partial charge in [0.25, 0.3) is 5.56 Å². The minimum Gasteiger partial charge on any atom is -0.367 e. The molecular weight excluding hydrogens is 474 g/mol. The molecule has 2 atom stereocenters. The number of nitrogens with zero attached hydrogens (tertiary/aromatic N) is 5. The first kappa shape index (κ1) is 24.3. The number of hydrogen-bond acceptors (Lipinski definition) is 5. The molecule has 1 fully saturated rings. The van der Waals surface area contributed by atoms with Crippen LogP contribution in [0.4, 0.5) is 33.7 Å². The van der Waals surface area contributed by atoms with Crippen molar-refractivity contribution >= 4 is 28.6 Å². The predicted molar refractivity (Wildman–Crippen MR) is 120 cm³/mol. The number of pyridine rings is 2. The summed E-state index contributed by atoms with van der Waals surface area (Å²) in [6.45, 7) is 0.290. The van der Waals surface area contributed by atoms with Crippen molar-refractivity contribution in [3.05, 3.63) is 50.9 Å². The molecular formula is C21H23F4N7O3. The van der Waals surface area contributed by atoms with Crippen LogP contribution in [-0.4, -0.2) is 62.4 Å². The zero-order valence-electron chi connectivity index (χ0n) is 19.1. The summed E-state index contributed by atoms with van der Waals surface area (Å²) in [6.07, 6.45) is -3.83. The van der Waals surface area contributed by atoms with E-state index in [-0.39, 0.29) is 18.7 Å². The molecule has 188 valence electrons. The molecule has 1 aliphatic rings. The van der Waals surface area contributed by atoms with Crippen molar-refractivity contribution in [2.24, 2.45) is 14.1 Å². The maximum atomic E-state index is 15.1. The monoisotopic (exact) mass is 497 g/mol. The standard InChI is InChI=1S/C21H23F4N7O3/c1-29-9-11(21(23,24)25)6-14(18(29)33)27-19(34)30(2)15-4-5-32(10-13(15)22)12-7-16-17(26-8-12)28-20(35)31(16)3/h6-9,13,15H,4-5,10H2,1-3H3,(H,27,34)(H,26,28,35)/t13-,15+/m1/s1. The zero-order chi connectivity index (χ0) is 25.7. The Labute approximate surface area is 195 Å². The Morgan fingerprint density at radius 1 is 1.26 bits per heavy atom. The third-order valence-corrected chi connectivity index (χ3v) is 6.19. The molecule has 2 N–H and O–H groups in total. The van der Waals surface area contributed by atoms with E-state index in [2.05, 4.69) is 15.3 Å². The number of imidazole rings is 1. The number of urea groups is 1. The molecule has 0 bridgehead atoms. The third kappa shape index (κ3) is 4.59. The number of amides is 2. The van der Waals surface area contributed by atoms with Crippen LogP contribution in [0.2, 0.25) is 0 Å². The minimum atomic E-state index is -4.71. The van der Waals surface area contributed by atoms with Gasteiger partial charge in [-0.15, -0.1) is 0 Å². The molecule has 1 saturated heterocycles. The topological polar surface area (TPSA) is 108 Å². The minimum absolute atomic E-state index is 0.0703. The molecule has 10 nitrogen and oxygen atoms in total. The van der Waals surface area contributed by atoms with Crippen molar-refractivity contribution in [2.75, 3.05) is 30.4 Å². The Balaban J connectivity index is 1.47. The summed E-state index contributed by atoms with van der Waals surface area (Å²) in [5.74, 6) is 0. The first-order valence-corrected chi connectivity index (χ1v) is 10.6. The molecule has 0 unspecified atom stereocenters. The first-order chi connectivity index (χ1) is 16.4. The second-order valence-electron chi connectivity index (χ2n) is 8.47. The Hall–Kier alpha value is -3.84. The normalized spacial score (nSPS) is 18.7. The van der Waals surface area contributed by atoms with E-state index in [0.29, 0.717) is 35.7 Å². The highest BCUT2D eigenvalue weighted by molar-refractivity contribution is 5.89. The maximum Gasteiger partial charge on any atom is 0.417 e. The number of fused-ring (bicyclic) bond motifs is 1. The first-order valence-electron chi connectivity index (χ1n) is 10.6. The van der Waals surface area contributed by atoms with E-state index < -0.39 is 41.2 Å². The molecule has 0 aromatic carbocycles. The van der Waals surface area contributed by atoms with Crippen molar-refractivity contribution in [1.82, 2.24) is 24.0 Å². The van der Waals surface area contributed by atoms with E-state index in [1.54, 1.807) is 18.0 Å². The van der Waals surface area contributed by atoms with Gasteiger partial charge in [0.05, 0.1) is 35.6 Å². The van der Waals surface area contributed by atoms with Gasteiger partial charge < -0.3 is 19.7 Å². The Kier molecular flexibility index (Phi) is 6.07. The molecule has 0 saturated carbocycles. The van der Waals surface area contributed by atoms with Crippen molar-refractivity contribution in [3.63, 3.8) is 0 Å². The number of nitrogens with one attached hydrogen (secondary N) is 2. The van der Waals surface area contributed by atoms with Gasteiger partial charge in [0.1, 0.15) is 11.9 Å². The van der Waals surface area contributed by atoms with Crippen molar-refractivity contribution < 1.29 is 22.4 Å². The van der Waals surface area contributed by atoms with Crippen LogP contribution >= 0.6 is 0 Å². The highest BCUT2D eigenvalue weighted by Crippen LogP contribution is 2.30. The molecule has 0 radical (unpaired) electrons. The molecule has 0 aliphatic carbocycles. The fourth-order valence-electron chi connectivity index (χ4n) is 4.14. The number of halogens is 4. The van der Waals surface area contributed by atoms with Gasteiger partial charge in [0.15, 0.2) is 5.65 Å². The van der Waals surface area contributed by atoms with E-state index >= 15 is 4.39 Å². The summed E-state index contributed by atoms with van der Waals surface area (Å²) in [7, 11) is 4.05. The van der Waals surface area contributed by atoms with E-state index in [1.807, 2.05) is 0 Å². The number of aromatic amines is 1. The molecule has 1 aliphatic heterocycles. The lowest BCUT2D eigenvalue weighted by Gasteiger charge is -2.39. The summed E-state index contributed by atoms with van der Waals surface area (Å²) in [5.41, 5.74) is -1.23. The van der Waals surface area contributed by atoms with Crippen LogP contribution in [0.25, 0.3) is 11.2 Å². The SMILES string of the molecule is CN(C(=O)Nc1cc(C(F)(F)F)cn(C)c1=O)[C@H]1CCN(c2cnc3[nH]c(=O)n(C)c3c2)C[C@H]1F. The molecule has 4 heterocycles. The molecule has 3 aromatic rings.